The summed E-state index contributed by atoms with van der Waals surface area (Å²) in [5, 5.41) is 13.6. The van der Waals surface area contributed by atoms with Crippen LogP contribution in [0.2, 0.25) is 0 Å². The number of hydrogen-bond donors (Lipinski definition) is 2. The normalized spacial score (nSPS) is 13.6. The minimum Gasteiger partial charge on any atom is -0.384 e. The average molecular weight is 439 g/mol. The second-order valence-corrected chi connectivity index (χ2v) is 9.86. The van der Waals surface area contributed by atoms with Crippen molar-refractivity contribution >= 4 is 15.9 Å². The van der Waals surface area contributed by atoms with Crippen LogP contribution >= 0.6 is 0 Å². The molecular weight excluding hydrogens is 412 g/mol. The van der Waals surface area contributed by atoms with Crippen LogP contribution in [0.3, 0.4) is 0 Å². The van der Waals surface area contributed by atoms with Crippen LogP contribution in [0.4, 0.5) is 0 Å². The number of benzene rings is 3. The zero-order chi connectivity index (χ0) is 22.6. The van der Waals surface area contributed by atoms with Crippen molar-refractivity contribution in [3.05, 3.63) is 90.0 Å². The first-order valence-corrected chi connectivity index (χ1v) is 11.2. The van der Waals surface area contributed by atoms with E-state index in [4.69, 9.17) is 0 Å². The van der Waals surface area contributed by atoms with Gasteiger partial charge in [0, 0.05) is 19.7 Å². The minimum atomic E-state index is -3.55. The Morgan fingerprint density at radius 1 is 0.903 bits per heavy atom. The van der Waals surface area contributed by atoms with E-state index >= 15 is 0 Å². The predicted octanol–water partition coefficient (Wildman–Crippen LogP) is 3.24. The smallest absolute Gasteiger partial charge is 0.251 e. The molecule has 162 valence electrons. The van der Waals surface area contributed by atoms with E-state index in [1.54, 1.807) is 6.92 Å². The van der Waals surface area contributed by atoms with E-state index < -0.39 is 21.5 Å². The molecule has 2 N–H and O–H groups in total. The van der Waals surface area contributed by atoms with Crippen LogP contribution in [-0.2, 0) is 15.6 Å². The van der Waals surface area contributed by atoms with Crippen LogP contribution in [0.5, 0.6) is 0 Å². The lowest BCUT2D eigenvalue weighted by atomic mass is 9.93. The van der Waals surface area contributed by atoms with Crippen molar-refractivity contribution in [3.8, 4) is 11.1 Å². The highest BCUT2D eigenvalue weighted by atomic mass is 32.2. The SMILES string of the molecule is CN(C)S(=O)(=O)c1ccc(C(=O)NC[C@@](C)(O)c2ccc(-c3ccccc3)cc2)cc1. The van der Waals surface area contributed by atoms with Crippen LogP contribution in [0.1, 0.15) is 22.8 Å². The molecule has 0 aliphatic heterocycles. The van der Waals surface area contributed by atoms with E-state index in [9.17, 15) is 18.3 Å². The molecule has 0 saturated carbocycles. The van der Waals surface area contributed by atoms with E-state index in [2.05, 4.69) is 5.32 Å². The first-order valence-electron chi connectivity index (χ1n) is 9.80. The van der Waals surface area contributed by atoms with Gasteiger partial charge in [0.15, 0.2) is 0 Å². The summed E-state index contributed by atoms with van der Waals surface area (Å²) in [5.41, 5.74) is 1.85. The molecule has 0 aliphatic carbocycles. The molecule has 0 radical (unpaired) electrons. The topological polar surface area (TPSA) is 86.7 Å². The Morgan fingerprint density at radius 3 is 2.00 bits per heavy atom. The highest BCUT2D eigenvalue weighted by Gasteiger charge is 2.24. The maximum absolute atomic E-state index is 12.5. The number of amides is 1. The Balaban J connectivity index is 1.66. The van der Waals surface area contributed by atoms with Crippen LogP contribution in [0, 0.1) is 0 Å². The van der Waals surface area contributed by atoms with Crippen molar-refractivity contribution in [2.24, 2.45) is 0 Å². The van der Waals surface area contributed by atoms with Crippen molar-refractivity contribution < 1.29 is 18.3 Å². The van der Waals surface area contributed by atoms with Gasteiger partial charge in [-0.3, -0.25) is 4.79 Å². The number of hydrogen-bond acceptors (Lipinski definition) is 4. The molecule has 3 aromatic carbocycles. The maximum Gasteiger partial charge on any atom is 0.251 e. The zero-order valence-electron chi connectivity index (χ0n) is 17.7. The lowest BCUT2D eigenvalue weighted by Gasteiger charge is -2.24. The highest BCUT2D eigenvalue weighted by molar-refractivity contribution is 7.89. The molecule has 3 rings (SSSR count). The lowest BCUT2D eigenvalue weighted by Crippen LogP contribution is -2.38. The molecule has 6 nitrogen and oxygen atoms in total. The lowest BCUT2D eigenvalue weighted by molar-refractivity contribution is 0.0526. The van der Waals surface area contributed by atoms with Gasteiger partial charge in [0.05, 0.1) is 11.4 Å². The van der Waals surface area contributed by atoms with Gasteiger partial charge in [-0.05, 0) is 47.9 Å². The summed E-state index contributed by atoms with van der Waals surface area (Å²) < 4.78 is 25.4. The number of aliphatic hydroxyl groups is 1. The summed E-state index contributed by atoms with van der Waals surface area (Å²) in [6.45, 7) is 1.64. The number of carbonyl (C=O) groups excluding carboxylic acids is 1. The average Bonchev–Trinajstić information content (AvgIpc) is 2.78. The summed E-state index contributed by atoms with van der Waals surface area (Å²) >= 11 is 0. The molecule has 0 saturated heterocycles. The molecule has 1 atom stereocenters. The van der Waals surface area contributed by atoms with Gasteiger partial charge >= 0.3 is 0 Å². The van der Waals surface area contributed by atoms with Crippen molar-refractivity contribution in [1.82, 2.24) is 9.62 Å². The number of nitrogens with zero attached hydrogens (tertiary/aromatic N) is 1. The van der Waals surface area contributed by atoms with Gasteiger partial charge in [-0.1, -0.05) is 54.6 Å². The third-order valence-corrected chi connectivity index (χ3v) is 6.93. The number of sulfonamides is 1. The summed E-state index contributed by atoms with van der Waals surface area (Å²) in [7, 11) is -0.655. The molecule has 0 aliphatic rings. The Kier molecular flexibility index (Phi) is 6.59. The fraction of sp³-hybridized carbons (Fsp3) is 0.208. The largest absolute Gasteiger partial charge is 0.384 e. The summed E-state index contributed by atoms with van der Waals surface area (Å²) in [6.07, 6.45) is 0. The van der Waals surface area contributed by atoms with Gasteiger partial charge in [-0.2, -0.15) is 0 Å². The third-order valence-electron chi connectivity index (χ3n) is 5.10. The Labute approximate surface area is 183 Å². The Bertz CT molecular complexity index is 1140. The number of carbonyl (C=O) groups is 1. The second kappa shape index (κ2) is 9.01. The van der Waals surface area contributed by atoms with E-state index in [1.165, 1.54) is 38.4 Å². The molecule has 1 amide bonds. The number of nitrogens with one attached hydrogen (secondary N) is 1. The van der Waals surface area contributed by atoms with Crippen LogP contribution < -0.4 is 5.32 Å². The summed E-state index contributed by atoms with van der Waals surface area (Å²) in [4.78, 5) is 12.6. The first kappa shape index (κ1) is 22.7. The summed E-state index contributed by atoms with van der Waals surface area (Å²) in [5.74, 6) is -0.394. The van der Waals surface area contributed by atoms with Crippen molar-refractivity contribution in [2.45, 2.75) is 17.4 Å². The highest BCUT2D eigenvalue weighted by Crippen LogP contribution is 2.25. The van der Waals surface area contributed by atoms with Crippen molar-refractivity contribution in [2.75, 3.05) is 20.6 Å². The van der Waals surface area contributed by atoms with Crippen LogP contribution in [-0.4, -0.2) is 44.4 Å². The molecule has 0 bridgehead atoms. The molecule has 0 aromatic heterocycles. The zero-order valence-corrected chi connectivity index (χ0v) is 18.6. The fourth-order valence-corrected chi connectivity index (χ4v) is 4.00. The van der Waals surface area contributed by atoms with Crippen molar-refractivity contribution in [3.63, 3.8) is 0 Å². The monoisotopic (exact) mass is 438 g/mol. The van der Waals surface area contributed by atoms with Crippen LogP contribution in [0.15, 0.2) is 83.8 Å². The molecule has 0 unspecified atom stereocenters. The van der Waals surface area contributed by atoms with E-state index in [1.807, 2.05) is 54.6 Å². The molecule has 7 heteroatoms. The Hall–Kier alpha value is -3.00. The summed E-state index contributed by atoms with van der Waals surface area (Å²) in [6, 6.07) is 23.2. The van der Waals surface area contributed by atoms with Gasteiger partial charge in [0.1, 0.15) is 5.60 Å². The minimum absolute atomic E-state index is 0.00820. The van der Waals surface area contributed by atoms with E-state index in [-0.39, 0.29) is 11.4 Å². The molecule has 0 heterocycles. The third kappa shape index (κ3) is 5.19. The van der Waals surface area contributed by atoms with Crippen molar-refractivity contribution in [1.29, 1.82) is 0 Å². The van der Waals surface area contributed by atoms with Gasteiger partial charge < -0.3 is 10.4 Å². The van der Waals surface area contributed by atoms with E-state index in [0.717, 1.165) is 15.4 Å². The Morgan fingerprint density at radius 2 is 1.45 bits per heavy atom. The van der Waals surface area contributed by atoms with Gasteiger partial charge in [-0.15, -0.1) is 0 Å². The molecule has 3 aromatic rings. The number of rotatable bonds is 7. The molecule has 31 heavy (non-hydrogen) atoms. The standard InChI is InChI=1S/C24H26N2O4S/c1-24(28,21-13-9-19(10-14-21)18-7-5-4-6-8-18)17-25-23(27)20-11-15-22(16-12-20)31(29,30)26(2)3/h4-16,28H,17H2,1-3H3,(H,25,27)/t24-/m1/s1. The van der Waals surface area contributed by atoms with Crippen LogP contribution in [0.25, 0.3) is 11.1 Å². The van der Waals surface area contributed by atoms with Gasteiger partial charge in [0.25, 0.3) is 5.91 Å². The maximum atomic E-state index is 12.5. The van der Waals surface area contributed by atoms with E-state index in [0.29, 0.717) is 11.1 Å². The molecule has 0 spiro atoms. The first-order chi connectivity index (χ1) is 14.6. The quantitative estimate of drug-likeness (QED) is 0.593. The molecular formula is C24H26N2O4S. The second-order valence-electron chi connectivity index (χ2n) is 7.71. The van der Waals surface area contributed by atoms with Gasteiger partial charge in [-0.25, -0.2) is 12.7 Å². The van der Waals surface area contributed by atoms with Gasteiger partial charge in [0.2, 0.25) is 10.0 Å². The predicted molar refractivity (Wildman–Crippen MR) is 121 cm³/mol. The fourth-order valence-electron chi connectivity index (χ4n) is 3.10. The molecule has 0 fully saturated rings.